The quantitative estimate of drug-likeness (QED) is 0.593. The molecule has 0 radical (unpaired) electrons. The van der Waals surface area contributed by atoms with Crippen molar-refractivity contribution in [3.05, 3.63) is 0 Å². The predicted molar refractivity (Wildman–Crippen MR) is 41.8 cm³/mol. The highest BCUT2D eigenvalue weighted by Gasteiger charge is 2.21. The Labute approximate surface area is 65.6 Å². The van der Waals surface area contributed by atoms with E-state index in [2.05, 4.69) is 0 Å². The standard InChI is InChI=1S/C6H13NO2S/c1-8-6-5-10-4-3-7(6)9-2/h6H,3-5H2,1-2H3. The summed E-state index contributed by atoms with van der Waals surface area (Å²) in [6.45, 7) is 0.958. The van der Waals surface area contributed by atoms with E-state index >= 15 is 0 Å². The lowest BCUT2D eigenvalue weighted by molar-refractivity contribution is -0.219. The fourth-order valence-electron chi connectivity index (χ4n) is 0.960. The van der Waals surface area contributed by atoms with Gasteiger partial charge in [0.25, 0.3) is 0 Å². The average molecular weight is 163 g/mol. The van der Waals surface area contributed by atoms with Crippen LogP contribution in [-0.4, -0.2) is 43.6 Å². The predicted octanol–water partition coefficient (Wildman–Crippen LogP) is 0.569. The van der Waals surface area contributed by atoms with Gasteiger partial charge in [0.2, 0.25) is 0 Å². The van der Waals surface area contributed by atoms with Crippen molar-refractivity contribution < 1.29 is 9.57 Å². The van der Waals surface area contributed by atoms with Crippen molar-refractivity contribution in [2.45, 2.75) is 6.23 Å². The number of hydrogen-bond acceptors (Lipinski definition) is 4. The van der Waals surface area contributed by atoms with Crippen LogP contribution in [0.3, 0.4) is 0 Å². The van der Waals surface area contributed by atoms with Crippen molar-refractivity contribution in [2.75, 3.05) is 32.3 Å². The first-order valence-electron chi connectivity index (χ1n) is 3.29. The second kappa shape index (κ2) is 4.18. The molecule has 0 bridgehead atoms. The Kier molecular flexibility index (Phi) is 3.48. The Bertz CT molecular complexity index is 89.7. The van der Waals surface area contributed by atoms with Gasteiger partial charge in [-0.05, 0) is 0 Å². The van der Waals surface area contributed by atoms with Gasteiger partial charge in [0, 0.05) is 25.2 Å². The molecule has 0 amide bonds. The van der Waals surface area contributed by atoms with E-state index in [1.54, 1.807) is 14.2 Å². The molecule has 0 aromatic carbocycles. The van der Waals surface area contributed by atoms with Crippen LogP contribution >= 0.6 is 11.8 Å². The van der Waals surface area contributed by atoms with E-state index in [0.717, 1.165) is 18.1 Å². The molecule has 3 nitrogen and oxygen atoms in total. The first-order chi connectivity index (χ1) is 4.88. The second-order valence-corrected chi connectivity index (χ2v) is 3.24. The van der Waals surface area contributed by atoms with Crippen molar-refractivity contribution in [1.29, 1.82) is 0 Å². The van der Waals surface area contributed by atoms with Crippen molar-refractivity contribution >= 4 is 11.8 Å². The van der Waals surface area contributed by atoms with Crippen LogP contribution in [0, 0.1) is 0 Å². The van der Waals surface area contributed by atoms with Crippen LogP contribution < -0.4 is 0 Å². The van der Waals surface area contributed by atoms with Gasteiger partial charge in [0.05, 0.1) is 7.11 Å². The van der Waals surface area contributed by atoms with Gasteiger partial charge in [-0.25, -0.2) is 0 Å². The Balaban J connectivity index is 2.34. The number of rotatable bonds is 2. The molecule has 4 heteroatoms. The van der Waals surface area contributed by atoms with Crippen LogP contribution in [0.25, 0.3) is 0 Å². The minimum absolute atomic E-state index is 0.142. The monoisotopic (exact) mass is 163 g/mol. The molecule has 10 heavy (non-hydrogen) atoms. The number of thioether (sulfide) groups is 1. The number of methoxy groups -OCH3 is 1. The van der Waals surface area contributed by atoms with Gasteiger partial charge in [0.1, 0.15) is 6.23 Å². The second-order valence-electron chi connectivity index (χ2n) is 2.09. The van der Waals surface area contributed by atoms with Gasteiger partial charge < -0.3 is 4.74 Å². The van der Waals surface area contributed by atoms with E-state index in [1.165, 1.54) is 0 Å². The maximum absolute atomic E-state index is 5.17. The van der Waals surface area contributed by atoms with Crippen molar-refractivity contribution in [3.8, 4) is 0 Å². The molecule has 1 rings (SSSR count). The maximum atomic E-state index is 5.17. The van der Waals surface area contributed by atoms with E-state index in [9.17, 15) is 0 Å². The summed E-state index contributed by atoms with van der Waals surface area (Å²) in [6.07, 6.45) is 0.142. The fraction of sp³-hybridized carbons (Fsp3) is 1.00. The van der Waals surface area contributed by atoms with Gasteiger partial charge in [-0.3, -0.25) is 4.84 Å². The molecule has 60 valence electrons. The third kappa shape index (κ3) is 1.85. The SMILES string of the molecule is COC1CSCCN1OC. The van der Waals surface area contributed by atoms with Crippen LogP contribution in [0.1, 0.15) is 0 Å². The lowest BCUT2D eigenvalue weighted by Crippen LogP contribution is -2.42. The molecule has 0 spiro atoms. The summed E-state index contributed by atoms with van der Waals surface area (Å²) in [4.78, 5) is 5.09. The number of hydrogen-bond donors (Lipinski definition) is 0. The van der Waals surface area contributed by atoms with E-state index in [-0.39, 0.29) is 6.23 Å². The van der Waals surface area contributed by atoms with Gasteiger partial charge in [-0.15, -0.1) is 0 Å². The van der Waals surface area contributed by atoms with Gasteiger partial charge in [-0.2, -0.15) is 16.8 Å². The molecule has 1 heterocycles. The molecular weight excluding hydrogens is 150 g/mol. The number of nitrogens with zero attached hydrogens (tertiary/aromatic N) is 1. The van der Waals surface area contributed by atoms with Gasteiger partial charge in [-0.1, -0.05) is 0 Å². The van der Waals surface area contributed by atoms with Crippen LogP contribution in [0.5, 0.6) is 0 Å². The normalized spacial score (nSPS) is 28.8. The third-order valence-electron chi connectivity index (χ3n) is 1.54. The molecule has 1 aliphatic heterocycles. The third-order valence-corrected chi connectivity index (χ3v) is 2.54. The van der Waals surface area contributed by atoms with E-state index < -0.39 is 0 Å². The highest BCUT2D eigenvalue weighted by atomic mass is 32.2. The summed E-state index contributed by atoms with van der Waals surface area (Å²) in [6, 6.07) is 0. The van der Waals surface area contributed by atoms with Crippen LogP contribution in [0.15, 0.2) is 0 Å². The summed E-state index contributed by atoms with van der Waals surface area (Å²) in [5, 5.41) is 1.87. The van der Waals surface area contributed by atoms with Gasteiger partial charge in [0.15, 0.2) is 0 Å². The lowest BCUT2D eigenvalue weighted by Gasteiger charge is -2.31. The molecule has 0 saturated carbocycles. The topological polar surface area (TPSA) is 21.7 Å². The first kappa shape index (κ1) is 8.33. The summed E-state index contributed by atoms with van der Waals surface area (Å²) in [5.74, 6) is 2.14. The molecular formula is C6H13NO2S. The largest absolute Gasteiger partial charge is 0.363 e. The van der Waals surface area contributed by atoms with Crippen LogP contribution in [0.2, 0.25) is 0 Å². The van der Waals surface area contributed by atoms with Gasteiger partial charge >= 0.3 is 0 Å². The molecule has 0 aliphatic carbocycles. The number of hydroxylamine groups is 2. The fourth-order valence-corrected chi connectivity index (χ4v) is 1.94. The summed E-state index contributed by atoms with van der Waals surface area (Å²) in [7, 11) is 3.39. The molecule has 1 fully saturated rings. The summed E-state index contributed by atoms with van der Waals surface area (Å²) in [5.41, 5.74) is 0. The molecule has 1 saturated heterocycles. The Morgan fingerprint density at radius 2 is 2.30 bits per heavy atom. The van der Waals surface area contributed by atoms with Crippen LogP contribution in [-0.2, 0) is 9.57 Å². The maximum Gasteiger partial charge on any atom is 0.141 e. The zero-order valence-electron chi connectivity index (χ0n) is 6.37. The number of ether oxygens (including phenoxy) is 1. The molecule has 0 aromatic rings. The molecule has 1 atom stereocenters. The zero-order valence-corrected chi connectivity index (χ0v) is 7.19. The zero-order chi connectivity index (χ0) is 7.40. The Morgan fingerprint density at radius 3 is 2.80 bits per heavy atom. The lowest BCUT2D eigenvalue weighted by atomic mass is 10.5. The van der Waals surface area contributed by atoms with Crippen molar-refractivity contribution in [1.82, 2.24) is 5.06 Å². The summed E-state index contributed by atoms with van der Waals surface area (Å²) < 4.78 is 5.17. The summed E-state index contributed by atoms with van der Waals surface area (Å²) >= 11 is 1.90. The molecule has 0 N–H and O–H groups in total. The Hall–Kier alpha value is 0.230. The van der Waals surface area contributed by atoms with Crippen molar-refractivity contribution in [2.24, 2.45) is 0 Å². The highest BCUT2D eigenvalue weighted by molar-refractivity contribution is 7.99. The molecule has 1 aliphatic rings. The van der Waals surface area contributed by atoms with E-state index in [0.29, 0.717) is 0 Å². The van der Waals surface area contributed by atoms with Crippen molar-refractivity contribution in [3.63, 3.8) is 0 Å². The van der Waals surface area contributed by atoms with E-state index in [4.69, 9.17) is 9.57 Å². The molecule has 0 aromatic heterocycles. The van der Waals surface area contributed by atoms with Crippen LogP contribution in [0.4, 0.5) is 0 Å². The van der Waals surface area contributed by atoms with E-state index in [1.807, 2.05) is 16.8 Å². The average Bonchev–Trinajstić information content (AvgIpc) is 2.04. The minimum Gasteiger partial charge on any atom is -0.363 e. The minimum atomic E-state index is 0.142. The highest BCUT2D eigenvalue weighted by Crippen LogP contribution is 2.15. The first-order valence-corrected chi connectivity index (χ1v) is 4.45. The Morgan fingerprint density at radius 1 is 1.50 bits per heavy atom. The smallest absolute Gasteiger partial charge is 0.141 e. The molecule has 1 unspecified atom stereocenters.